The van der Waals surface area contributed by atoms with Crippen molar-refractivity contribution in [2.24, 2.45) is 11.0 Å². The maximum atomic E-state index is 13.8. The fourth-order valence-corrected chi connectivity index (χ4v) is 6.42. The zero-order valence-electron chi connectivity index (χ0n) is 17.2. The predicted octanol–water partition coefficient (Wildman–Crippen LogP) is 4.48. The number of nitrogens with one attached hydrogen (secondary N) is 1. The summed E-state index contributed by atoms with van der Waals surface area (Å²) in [7, 11) is -3.80. The molecule has 2 heterocycles. The normalized spacial score (nSPS) is 23.6. The van der Waals surface area contributed by atoms with Gasteiger partial charge in [-0.3, -0.25) is 4.79 Å². The van der Waals surface area contributed by atoms with Crippen LogP contribution in [0.15, 0.2) is 93.3 Å². The van der Waals surface area contributed by atoms with Gasteiger partial charge in [0.25, 0.3) is 5.91 Å². The molecule has 2 atom stereocenters. The van der Waals surface area contributed by atoms with Crippen molar-refractivity contribution < 1.29 is 13.2 Å². The summed E-state index contributed by atoms with van der Waals surface area (Å²) in [5.74, 6) is -0.648. The Morgan fingerprint density at radius 2 is 1.69 bits per heavy atom. The van der Waals surface area contributed by atoms with Gasteiger partial charge in [-0.15, -0.1) is 0 Å². The summed E-state index contributed by atoms with van der Waals surface area (Å²) in [6, 6.07) is 23.4. The van der Waals surface area contributed by atoms with Crippen molar-refractivity contribution in [3.05, 3.63) is 100 Å². The molecule has 2 aliphatic heterocycles. The molecule has 0 unspecified atom stereocenters. The molecule has 0 aliphatic carbocycles. The van der Waals surface area contributed by atoms with Gasteiger partial charge in [0, 0.05) is 21.5 Å². The number of nitrogens with zero attached hydrogens (tertiary/aromatic N) is 2. The third-order valence-electron chi connectivity index (χ3n) is 6.04. The first-order valence-electron chi connectivity index (χ1n) is 10.2. The predicted molar refractivity (Wildman–Crippen MR) is 126 cm³/mol. The van der Waals surface area contributed by atoms with E-state index in [0.29, 0.717) is 17.5 Å². The van der Waals surface area contributed by atoms with Crippen molar-refractivity contribution in [2.75, 3.05) is 0 Å². The Labute approximate surface area is 195 Å². The highest BCUT2D eigenvalue weighted by molar-refractivity contribution is 9.10. The van der Waals surface area contributed by atoms with Crippen molar-refractivity contribution in [1.29, 1.82) is 0 Å². The van der Waals surface area contributed by atoms with E-state index < -0.39 is 15.7 Å². The standard InChI is InChI=1S/C24H20BrN3O3S/c1-16-15-21(17-7-3-2-4-8-17)26-28(23(29)18-11-13-19(25)14-12-18)24(16)20-9-5-6-10-22(20)32(30,31)27-24/h2-14,16,27H,15H2,1H3/t16-,24-/m0/s1. The summed E-state index contributed by atoms with van der Waals surface area (Å²) >= 11 is 3.39. The summed E-state index contributed by atoms with van der Waals surface area (Å²) in [4.78, 5) is 14.0. The van der Waals surface area contributed by atoms with Crippen LogP contribution in [0.3, 0.4) is 0 Å². The van der Waals surface area contributed by atoms with Gasteiger partial charge >= 0.3 is 0 Å². The van der Waals surface area contributed by atoms with Crippen LogP contribution in [0.1, 0.15) is 34.8 Å². The average molecular weight is 510 g/mol. The maximum absolute atomic E-state index is 13.8. The van der Waals surface area contributed by atoms with Gasteiger partial charge in [-0.25, -0.2) is 13.4 Å². The highest BCUT2D eigenvalue weighted by atomic mass is 79.9. The highest BCUT2D eigenvalue weighted by Gasteiger charge is 2.57. The van der Waals surface area contributed by atoms with Crippen molar-refractivity contribution in [1.82, 2.24) is 9.73 Å². The van der Waals surface area contributed by atoms with Gasteiger partial charge in [0.15, 0.2) is 5.66 Å². The number of hydrogen-bond acceptors (Lipinski definition) is 4. The largest absolute Gasteiger partial charge is 0.276 e. The molecule has 0 bridgehead atoms. The lowest BCUT2D eigenvalue weighted by Gasteiger charge is -2.45. The lowest BCUT2D eigenvalue weighted by molar-refractivity contribution is 0.0168. The topological polar surface area (TPSA) is 78.8 Å². The first kappa shape index (κ1) is 21.1. The quantitative estimate of drug-likeness (QED) is 0.552. The molecule has 6 nitrogen and oxygen atoms in total. The lowest BCUT2D eigenvalue weighted by atomic mass is 9.81. The summed E-state index contributed by atoms with van der Waals surface area (Å²) in [5.41, 5.74) is 1.28. The molecule has 5 rings (SSSR count). The molecule has 0 aromatic heterocycles. The fraction of sp³-hybridized carbons (Fsp3) is 0.167. The third-order valence-corrected chi connectivity index (χ3v) is 8.08. The first-order valence-corrected chi connectivity index (χ1v) is 12.5. The molecular formula is C24H20BrN3O3S. The first-order chi connectivity index (χ1) is 15.3. The van der Waals surface area contributed by atoms with Crippen molar-refractivity contribution in [3.8, 4) is 0 Å². The zero-order valence-corrected chi connectivity index (χ0v) is 19.6. The van der Waals surface area contributed by atoms with E-state index in [2.05, 4.69) is 20.7 Å². The molecule has 162 valence electrons. The highest BCUT2D eigenvalue weighted by Crippen LogP contribution is 2.47. The van der Waals surface area contributed by atoms with Crippen LogP contribution in [-0.4, -0.2) is 25.0 Å². The molecule has 1 amide bonds. The van der Waals surface area contributed by atoms with Gasteiger partial charge in [0.1, 0.15) is 0 Å². The average Bonchev–Trinajstić information content (AvgIpc) is 3.04. The second-order valence-corrected chi connectivity index (χ2v) is 10.6. The summed E-state index contributed by atoms with van der Waals surface area (Å²) in [5, 5.41) is 6.09. The number of sulfonamides is 1. The van der Waals surface area contributed by atoms with Gasteiger partial charge in [-0.05, 0) is 42.3 Å². The Morgan fingerprint density at radius 1 is 1.03 bits per heavy atom. The van der Waals surface area contributed by atoms with Crippen LogP contribution in [0.25, 0.3) is 0 Å². The Morgan fingerprint density at radius 3 is 2.41 bits per heavy atom. The van der Waals surface area contributed by atoms with E-state index in [0.717, 1.165) is 15.7 Å². The Bertz CT molecular complexity index is 1340. The van der Waals surface area contributed by atoms with E-state index in [1.54, 1.807) is 48.5 Å². The van der Waals surface area contributed by atoms with Crippen LogP contribution in [0.2, 0.25) is 0 Å². The number of hydrazone groups is 1. The zero-order chi connectivity index (χ0) is 22.5. The van der Waals surface area contributed by atoms with Crippen LogP contribution in [0.4, 0.5) is 0 Å². The molecule has 32 heavy (non-hydrogen) atoms. The van der Waals surface area contributed by atoms with Crippen molar-refractivity contribution >= 4 is 37.6 Å². The van der Waals surface area contributed by atoms with E-state index in [4.69, 9.17) is 5.10 Å². The van der Waals surface area contributed by atoms with Gasteiger partial charge in [-0.2, -0.15) is 9.82 Å². The van der Waals surface area contributed by atoms with E-state index in [9.17, 15) is 13.2 Å². The number of rotatable bonds is 2. The van der Waals surface area contributed by atoms with E-state index in [1.165, 1.54) is 5.01 Å². The number of hydrogen-bond donors (Lipinski definition) is 1. The van der Waals surface area contributed by atoms with Crippen LogP contribution in [-0.2, 0) is 15.7 Å². The number of fused-ring (bicyclic) bond motifs is 2. The number of benzene rings is 3. The molecule has 3 aromatic rings. The number of amides is 1. The molecule has 3 aromatic carbocycles. The van der Waals surface area contributed by atoms with E-state index in [1.807, 2.05) is 37.3 Å². The maximum Gasteiger partial charge on any atom is 0.276 e. The third kappa shape index (κ3) is 3.21. The van der Waals surface area contributed by atoms with Gasteiger partial charge in [-0.1, -0.05) is 71.4 Å². The van der Waals surface area contributed by atoms with Crippen molar-refractivity contribution in [2.45, 2.75) is 23.9 Å². The van der Waals surface area contributed by atoms with Gasteiger partial charge in [0.2, 0.25) is 10.0 Å². The van der Waals surface area contributed by atoms with E-state index >= 15 is 0 Å². The second-order valence-electron chi connectivity index (χ2n) is 8.01. The molecule has 0 fully saturated rings. The molecule has 1 N–H and O–H groups in total. The molecular weight excluding hydrogens is 490 g/mol. The molecule has 1 spiro atoms. The Hall–Kier alpha value is -2.81. The number of halogens is 1. The van der Waals surface area contributed by atoms with E-state index in [-0.39, 0.29) is 16.7 Å². The van der Waals surface area contributed by atoms with Crippen LogP contribution in [0, 0.1) is 5.92 Å². The monoisotopic (exact) mass is 509 g/mol. The summed E-state index contributed by atoms with van der Waals surface area (Å²) in [6.45, 7) is 1.95. The van der Waals surface area contributed by atoms with Gasteiger partial charge in [0.05, 0.1) is 10.6 Å². The molecule has 0 radical (unpaired) electrons. The Balaban J connectivity index is 1.74. The lowest BCUT2D eigenvalue weighted by Crippen LogP contribution is -2.60. The van der Waals surface area contributed by atoms with Crippen molar-refractivity contribution in [3.63, 3.8) is 0 Å². The molecule has 8 heteroatoms. The second kappa shape index (κ2) is 7.65. The van der Waals surface area contributed by atoms with Crippen LogP contribution >= 0.6 is 15.9 Å². The fourth-order valence-electron chi connectivity index (χ4n) is 4.47. The Kier molecular flexibility index (Phi) is 5.03. The summed E-state index contributed by atoms with van der Waals surface area (Å²) < 4.78 is 29.8. The minimum Gasteiger partial charge on any atom is -0.267 e. The molecule has 0 saturated heterocycles. The minimum atomic E-state index is -3.80. The van der Waals surface area contributed by atoms with Gasteiger partial charge < -0.3 is 0 Å². The minimum absolute atomic E-state index is 0.179. The van der Waals surface area contributed by atoms with Crippen LogP contribution < -0.4 is 4.72 Å². The molecule has 2 aliphatic rings. The number of carbonyl (C=O) groups is 1. The smallest absolute Gasteiger partial charge is 0.267 e. The summed E-state index contributed by atoms with van der Waals surface area (Å²) in [6.07, 6.45) is 0.505. The SMILES string of the molecule is C[C@H]1CC(c2ccccc2)=NN(C(=O)c2ccc(Br)cc2)[C@@]12NS(=O)(=O)c1ccccc12. The molecule has 0 saturated carbocycles. The number of carbonyl (C=O) groups excluding carboxylic acids is 1. The van der Waals surface area contributed by atoms with Crippen LogP contribution in [0.5, 0.6) is 0 Å².